The minimum atomic E-state index is -4.15. The lowest BCUT2D eigenvalue weighted by atomic mass is 10.1. The number of carbonyl (C=O) groups excluding carboxylic acids is 2. The molecule has 16 rings (SSSR count). The van der Waals surface area contributed by atoms with E-state index >= 15 is 4.39 Å². The number of para-hydroxylation sites is 4. The molecule has 32 heteroatoms. The summed E-state index contributed by atoms with van der Waals surface area (Å²) < 4.78 is 170. The molecule has 0 spiro atoms. The highest BCUT2D eigenvalue weighted by Crippen LogP contribution is 2.38. The van der Waals surface area contributed by atoms with Gasteiger partial charge >= 0.3 is 0 Å². The van der Waals surface area contributed by atoms with E-state index in [-0.39, 0.29) is 78.2 Å². The maximum Gasteiger partial charge on any atom is 0.273 e. The summed E-state index contributed by atoms with van der Waals surface area (Å²) in [6.07, 6.45) is 18.8. The number of halogens is 6. The van der Waals surface area contributed by atoms with Crippen LogP contribution in [0.5, 0.6) is 5.75 Å². The molecule has 2 aliphatic heterocycles. The van der Waals surface area contributed by atoms with E-state index in [0.717, 1.165) is 64.0 Å². The fourth-order valence-corrected chi connectivity index (χ4v) is 16.3. The van der Waals surface area contributed by atoms with Gasteiger partial charge in [-0.2, -0.15) is 20.4 Å². The molecule has 1 atom stereocenters. The van der Waals surface area contributed by atoms with Crippen molar-refractivity contribution >= 4 is 70.4 Å². The minimum Gasteiger partial charge on any atom is -0.482 e. The number of hydrogen-bond acceptors (Lipinski definition) is 15. The number of sulfonamides is 1. The van der Waals surface area contributed by atoms with Gasteiger partial charge in [0.2, 0.25) is 10.0 Å². The first-order valence-electron chi connectivity index (χ1n) is 34.5. The largest absolute Gasteiger partial charge is 0.482 e. The summed E-state index contributed by atoms with van der Waals surface area (Å²) in [5.74, 6) is -4.43. The summed E-state index contributed by atoms with van der Waals surface area (Å²) in [6.45, 7) is -0.0401. The number of nitrogens with zero attached hydrogens (tertiary/aromatic N) is 12. The van der Waals surface area contributed by atoms with Crippen molar-refractivity contribution in [3.63, 3.8) is 0 Å². The van der Waals surface area contributed by atoms with Gasteiger partial charge in [0.1, 0.15) is 46.9 Å². The van der Waals surface area contributed by atoms with Crippen LogP contribution in [0.15, 0.2) is 240 Å². The van der Waals surface area contributed by atoms with Gasteiger partial charge in [-0.25, -0.2) is 48.2 Å². The van der Waals surface area contributed by atoms with Crippen LogP contribution in [0.4, 0.5) is 43.4 Å². The fraction of sp³-hybridized carbons (Fsp3) is 0.163. The lowest BCUT2D eigenvalue weighted by Crippen LogP contribution is -2.38. The number of carbonyl (C=O) groups is 2. The number of amides is 2. The van der Waals surface area contributed by atoms with E-state index < -0.39 is 70.5 Å². The monoisotopic (exact) mass is 1580 g/mol. The zero-order valence-electron chi connectivity index (χ0n) is 60.6. The predicted octanol–water partition coefficient (Wildman–Crippen LogP) is 13.5. The lowest BCUT2D eigenvalue weighted by molar-refractivity contribution is -0.121. The molecule has 8 aromatic carbocycles. The topological polar surface area (TPSA) is 261 Å². The highest BCUT2D eigenvalue weighted by molar-refractivity contribution is 7.92. The summed E-state index contributed by atoms with van der Waals surface area (Å²) in [4.78, 5) is 29.8. The first kappa shape index (κ1) is 77.5. The van der Waals surface area contributed by atoms with Crippen LogP contribution in [0.1, 0.15) is 38.3 Å². The summed E-state index contributed by atoms with van der Waals surface area (Å²) in [5.41, 5.74) is 10.3. The van der Waals surface area contributed by atoms with Gasteiger partial charge in [-0.15, -0.1) is 0 Å². The van der Waals surface area contributed by atoms with Gasteiger partial charge in [0.25, 0.3) is 11.8 Å². The predicted molar refractivity (Wildman–Crippen MR) is 411 cm³/mol. The molecular weight excluding hydrogens is 1510 g/mol. The summed E-state index contributed by atoms with van der Waals surface area (Å²) in [7, 11) is -1.54. The van der Waals surface area contributed by atoms with E-state index in [2.05, 4.69) is 36.0 Å². The van der Waals surface area contributed by atoms with E-state index in [1.54, 1.807) is 154 Å². The number of aryl methyl sites for hydroxylation is 4. The van der Waals surface area contributed by atoms with E-state index in [4.69, 9.17) is 9.15 Å². The third-order valence-electron chi connectivity index (χ3n) is 18.3. The second-order valence-corrected chi connectivity index (χ2v) is 31.4. The van der Waals surface area contributed by atoms with Crippen molar-refractivity contribution in [2.75, 3.05) is 39.7 Å². The molecule has 112 heavy (non-hydrogen) atoms. The SMILES string of the molecule is Cn1cc(-c2ccc(CN3C(=O)COc4ccccc43)c(F)c2)cn1.Cn1cc(-c2ccc(CN3c4ccccc4CS3(=O)=O)c(F)c2)cn1.Cn1cc(-c2ccc(CNc3ccccc3S(C)=O)c(F)c2)cn1.Cn1cc(-c2ccc(Cn3cc(S(=O)(=O)CCNC(=O)c4cocn4)c4c(F)cc(F)cc43)c(F)c2)cn1. The molecule has 14 aromatic rings. The number of sulfone groups is 1. The summed E-state index contributed by atoms with van der Waals surface area (Å²) >= 11 is 0. The number of benzene rings is 8. The first-order valence-corrected chi connectivity index (χ1v) is 39.3. The third-order valence-corrected chi connectivity index (χ3v) is 22.6. The van der Waals surface area contributed by atoms with Crippen LogP contribution in [0.3, 0.4) is 0 Å². The van der Waals surface area contributed by atoms with Crippen LogP contribution in [-0.2, 0) is 95.6 Å². The molecule has 2 aliphatic rings. The molecule has 0 saturated carbocycles. The van der Waals surface area contributed by atoms with Crippen molar-refractivity contribution in [2.24, 2.45) is 28.2 Å². The number of oxazole rings is 1. The van der Waals surface area contributed by atoms with Gasteiger partial charge < -0.3 is 29.3 Å². The van der Waals surface area contributed by atoms with Gasteiger partial charge in [0.05, 0.1) is 104 Å². The van der Waals surface area contributed by atoms with Gasteiger partial charge in [0.15, 0.2) is 28.5 Å². The summed E-state index contributed by atoms with van der Waals surface area (Å²) in [5, 5.41) is 21.6. The zero-order valence-corrected chi connectivity index (χ0v) is 63.0. The van der Waals surface area contributed by atoms with Crippen LogP contribution < -0.4 is 24.6 Å². The van der Waals surface area contributed by atoms with Crippen molar-refractivity contribution in [1.82, 2.24) is 54.0 Å². The molecule has 0 fully saturated rings. The average molecular weight is 1580 g/mol. The molecule has 0 radical (unpaired) electrons. The Kier molecular flexibility index (Phi) is 23.0. The van der Waals surface area contributed by atoms with Crippen molar-refractivity contribution < 1.29 is 66.1 Å². The standard InChI is InChI=1S/C25H20F3N5O4S.C19H16FN3O2.C18H16FN3O2S.C18H18FN3OS/c1-32-10-17(9-31-32)15-2-3-16(19(27)6-15)11-33-12-23(24-20(28)7-18(26)8-22(24)33)38(35,36)5-4-29-25(34)21-13-37-14-30-21;1-22-10-15(9-21-22)13-6-7-14(16(20)8-13)11-23-17-4-2-3-5-18(17)25-12-19(23)24;1-21-10-16(9-20-21)13-6-7-14(17(19)8-13)11-22-18-5-3-2-4-15(18)12-25(22,23)24;1-22-12-15(11-21-22)13-7-8-14(16(19)9-13)10-20-17-5-3-4-6-18(17)24(2)23/h2-3,6-10,12-14H,4-5,11H2,1H3,(H,29,34);2*2-10H,11-12H2,1H3;3-9,11-12,20H,10H2,1-2H3. The van der Waals surface area contributed by atoms with Gasteiger partial charge in [-0.05, 0) is 88.5 Å². The van der Waals surface area contributed by atoms with E-state index in [9.17, 15) is 52.6 Å². The maximum absolute atomic E-state index is 15.0. The number of nitrogens with one attached hydrogen (secondary N) is 2. The minimum absolute atomic E-state index is 0.0154. The molecule has 1 unspecified atom stereocenters. The normalized spacial score (nSPS) is 13.0. The number of hydrogen-bond donors (Lipinski definition) is 2. The molecule has 0 bridgehead atoms. The third kappa shape index (κ3) is 17.8. The Morgan fingerprint density at radius 1 is 0.571 bits per heavy atom. The van der Waals surface area contributed by atoms with Gasteiger partial charge in [-0.3, -0.25) is 36.8 Å². The van der Waals surface area contributed by atoms with E-state index in [0.29, 0.717) is 68.0 Å². The smallest absolute Gasteiger partial charge is 0.273 e. The molecule has 2 N–H and O–H groups in total. The van der Waals surface area contributed by atoms with Crippen molar-refractivity contribution in [2.45, 2.75) is 41.7 Å². The highest BCUT2D eigenvalue weighted by atomic mass is 32.2. The Labute approximate surface area is 641 Å². The fourth-order valence-electron chi connectivity index (χ4n) is 12.6. The number of ether oxygens (including phenoxy) is 1. The Morgan fingerprint density at radius 3 is 1.59 bits per heavy atom. The Morgan fingerprint density at radius 2 is 1.07 bits per heavy atom. The number of fused-ring (bicyclic) bond motifs is 3. The molecule has 8 heterocycles. The molecule has 574 valence electrons. The van der Waals surface area contributed by atoms with Crippen molar-refractivity contribution in [1.29, 1.82) is 0 Å². The maximum atomic E-state index is 15.0. The van der Waals surface area contributed by atoms with Gasteiger partial charge in [0, 0.05) is 129 Å². The Balaban J connectivity index is 0.000000133. The molecule has 2 amide bonds. The van der Waals surface area contributed by atoms with Crippen LogP contribution >= 0.6 is 0 Å². The first-order chi connectivity index (χ1) is 53.7. The molecule has 23 nitrogen and oxygen atoms in total. The number of rotatable bonds is 19. The van der Waals surface area contributed by atoms with Crippen molar-refractivity contribution in [3.05, 3.63) is 295 Å². The average Bonchev–Trinajstić information content (AvgIpc) is 1.60. The molecule has 0 saturated heterocycles. The quantitative estimate of drug-likeness (QED) is 0.0713. The van der Waals surface area contributed by atoms with Gasteiger partial charge in [-0.1, -0.05) is 91.0 Å². The van der Waals surface area contributed by atoms with E-state index in [1.807, 2.05) is 69.0 Å². The summed E-state index contributed by atoms with van der Waals surface area (Å²) in [6, 6.07) is 42.9. The Bertz CT molecular complexity index is 6100. The Hall–Kier alpha value is -12.7. The number of aromatic nitrogens is 10. The second kappa shape index (κ2) is 33.3. The highest BCUT2D eigenvalue weighted by Gasteiger charge is 2.34. The lowest BCUT2D eigenvalue weighted by Gasteiger charge is -2.29. The molecule has 6 aromatic heterocycles. The van der Waals surface area contributed by atoms with Crippen LogP contribution in [-0.4, -0.2) is 107 Å². The molecular formula is C80H70F6N14O9S3. The zero-order chi connectivity index (χ0) is 79.1. The van der Waals surface area contributed by atoms with Crippen LogP contribution in [0, 0.1) is 34.9 Å². The second-order valence-electron chi connectivity index (χ2n) is 26.1. The van der Waals surface area contributed by atoms with E-state index in [1.165, 1.54) is 39.2 Å². The van der Waals surface area contributed by atoms with Crippen LogP contribution in [0.2, 0.25) is 0 Å². The number of anilines is 3. The van der Waals surface area contributed by atoms with Crippen LogP contribution in [0.25, 0.3) is 55.4 Å². The van der Waals surface area contributed by atoms with Crippen molar-refractivity contribution in [3.8, 4) is 50.3 Å². The molecule has 0 aliphatic carbocycles.